The van der Waals surface area contributed by atoms with E-state index in [1.54, 1.807) is 6.08 Å². The summed E-state index contributed by atoms with van der Waals surface area (Å²) in [6, 6.07) is 0. The van der Waals surface area contributed by atoms with Gasteiger partial charge in [0.1, 0.15) is 0 Å². The van der Waals surface area contributed by atoms with Crippen molar-refractivity contribution in [3.05, 3.63) is 12.7 Å². The average Bonchev–Trinajstić information content (AvgIpc) is 1.86. The summed E-state index contributed by atoms with van der Waals surface area (Å²) in [6.07, 6.45) is 1.60. The van der Waals surface area contributed by atoms with Gasteiger partial charge in [-0.1, -0.05) is 6.58 Å². The van der Waals surface area contributed by atoms with Crippen molar-refractivity contribution in [1.29, 1.82) is 0 Å². The van der Waals surface area contributed by atoms with Crippen molar-refractivity contribution in [3.63, 3.8) is 0 Å². The zero-order chi connectivity index (χ0) is 7.98. The SMILES string of the molecule is C=CC(OCC)OC(C)C. The second-order valence-corrected chi connectivity index (χ2v) is 2.24. The molecule has 0 aliphatic carbocycles. The first-order valence-corrected chi connectivity index (χ1v) is 3.60. The van der Waals surface area contributed by atoms with Crippen LogP contribution in [0.3, 0.4) is 0 Å². The summed E-state index contributed by atoms with van der Waals surface area (Å²) >= 11 is 0. The van der Waals surface area contributed by atoms with Gasteiger partial charge in [-0.15, -0.1) is 0 Å². The fourth-order valence-corrected chi connectivity index (χ4v) is 0.595. The standard InChI is InChI=1S/C8H16O2/c1-5-8(9-6-2)10-7(3)4/h5,7-8H,1,6H2,2-4H3. The second-order valence-electron chi connectivity index (χ2n) is 2.24. The number of ether oxygens (including phenoxy) is 2. The van der Waals surface area contributed by atoms with Crippen LogP contribution in [0.5, 0.6) is 0 Å². The van der Waals surface area contributed by atoms with Crippen molar-refractivity contribution in [2.45, 2.75) is 33.2 Å². The highest BCUT2D eigenvalue weighted by atomic mass is 16.7. The van der Waals surface area contributed by atoms with Crippen LogP contribution in [0.1, 0.15) is 20.8 Å². The quantitative estimate of drug-likeness (QED) is 0.434. The molecule has 0 aliphatic rings. The summed E-state index contributed by atoms with van der Waals surface area (Å²) in [7, 11) is 0. The fourth-order valence-electron chi connectivity index (χ4n) is 0.595. The molecule has 0 bridgehead atoms. The van der Waals surface area contributed by atoms with Gasteiger partial charge in [-0.2, -0.15) is 0 Å². The molecule has 0 aromatic rings. The third-order valence-electron chi connectivity index (χ3n) is 0.930. The molecule has 2 heteroatoms. The number of hydrogen-bond donors (Lipinski definition) is 0. The number of hydrogen-bond acceptors (Lipinski definition) is 2. The van der Waals surface area contributed by atoms with Crippen LogP contribution in [0, 0.1) is 0 Å². The molecule has 1 atom stereocenters. The lowest BCUT2D eigenvalue weighted by atomic mass is 10.5. The molecular formula is C8H16O2. The molecular weight excluding hydrogens is 128 g/mol. The van der Waals surface area contributed by atoms with E-state index < -0.39 is 0 Å². The van der Waals surface area contributed by atoms with Crippen LogP contribution >= 0.6 is 0 Å². The van der Waals surface area contributed by atoms with E-state index in [4.69, 9.17) is 9.47 Å². The Morgan fingerprint density at radius 2 is 2.10 bits per heavy atom. The lowest BCUT2D eigenvalue weighted by Crippen LogP contribution is -2.18. The highest BCUT2D eigenvalue weighted by Crippen LogP contribution is 1.99. The molecule has 0 aromatic carbocycles. The molecule has 0 saturated heterocycles. The summed E-state index contributed by atoms with van der Waals surface area (Å²) in [4.78, 5) is 0. The van der Waals surface area contributed by atoms with Crippen molar-refractivity contribution in [3.8, 4) is 0 Å². The minimum absolute atomic E-state index is 0.189. The average molecular weight is 144 g/mol. The Morgan fingerprint density at radius 3 is 2.40 bits per heavy atom. The van der Waals surface area contributed by atoms with Crippen LogP contribution in [-0.2, 0) is 9.47 Å². The first-order valence-electron chi connectivity index (χ1n) is 3.60. The Labute approximate surface area is 62.8 Å². The zero-order valence-electron chi connectivity index (χ0n) is 6.96. The smallest absolute Gasteiger partial charge is 0.176 e. The van der Waals surface area contributed by atoms with E-state index in [1.807, 2.05) is 20.8 Å². The van der Waals surface area contributed by atoms with E-state index in [9.17, 15) is 0 Å². The molecule has 10 heavy (non-hydrogen) atoms. The molecule has 0 aliphatic heterocycles. The van der Waals surface area contributed by atoms with Gasteiger partial charge < -0.3 is 9.47 Å². The van der Waals surface area contributed by atoms with Crippen LogP contribution < -0.4 is 0 Å². The molecule has 0 heterocycles. The molecule has 1 unspecified atom stereocenters. The molecule has 0 saturated carbocycles. The predicted octanol–water partition coefficient (Wildman–Crippen LogP) is 1.96. The van der Waals surface area contributed by atoms with Gasteiger partial charge in [0, 0.05) is 6.61 Å². The molecule has 60 valence electrons. The summed E-state index contributed by atoms with van der Waals surface area (Å²) < 4.78 is 10.5. The molecule has 0 fully saturated rings. The topological polar surface area (TPSA) is 18.5 Å². The summed E-state index contributed by atoms with van der Waals surface area (Å²) in [5.41, 5.74) is 0. The molecule has 0 spiro atoms. The maximum atomic E-state index is 5.30. The van der Waals surface area contributed by atoms with Crippen molar-refractivity contribution in [1.82, 2.24) is 0 Å². The van der Waals surface area contributed by atoms with Crippen LogP contribution in [0.2, 0.25) is 0 Å². The molecule has 0 aromatic heterocycles. The van der Waals surface area contributed by atoms with Crippen LogP contribution in [0.4, 0.5) is 0 Å². The highest BCUT2D eigenvalue weighted by Gasteiger charge is 2.03. The molecule has 0 N–H and O–H groups in total. The lowest BCUT2D eigenvalue weighted by Gasteiger charge is -2.15. The van der Waals surface area contributed by atoms with Crippen LogP contribution in [0.25, 0.3) is 0 Å². The first kappa shape index (κ1) is 9.66. The van der Waals surface area contributed by atoms with Gasteiger partial charge in [0.05, 0.1) is 6.10 Å². The Hall–Kier alpha value is -0.340. The fraction of sp³-hybridized carbons (Fsp3) is 0.750. The minimum atomic E-state index is -0.245. The maximum absolute atomic E-state index is 5.30. The number of rotatable bonds is 5. The normalized spacial score (nSPS) is 13.6. The summed E-state index contributed by atoms with van der Waals surface area (Å²) in [6.45, 7) is 10.1. The van der Waals surface area contributed by atoms with Crippen molar-refractivity contribution in [2.75, 3.05) is 6.61 Å². The largest absolute Gasteiger partial charge is 0.349 e. The lowest BCUT2D eigenvalue weighted by molar-refractivity contribution is -0.129. The Bertz CT molecular complexity index is 89.3. The first-order chi connectivity index (χ1) is 4.70. The van der Waals surface area contributed by atoms with E-state index in [2.05, 4.69) is 6.58 Å². The van der Waals surface area contributed by atoms with E-state index in [-0.39, 0.29) is 12.4 Å². The molecule has 0 amide bonds. The predicted molar refractivity (Wildman–Crippen MR) is 41.8 cm³/mol. The van der Waals surface area contributed by atoms with E-state index in [0.717, 1.165) is 0 Å². The van der Waals surface area contributed by atoms with Crippen molar-refractivity contribution >= 4 is 0 Å². The molecule has 0 radical (unpaired) electrons. The minimum Gasteiger partial charge on any atom is -0.349 e. The van der Waals surface area contributed by atoms with Crippen LogP contribution in [0.15, 0.2) is 12.7 Å². The van der Waals surface area contributed by atoms with E-state index in [1.165, 1.54) is 0 Å². The van der Waals surface area contributed by atoms with Crippen molar-refractivity contribution < 1.29 is 9.47 Å². The Kier molecular flexibility index (Phi) is 5.26. The third-order valence-corrected chi connectivity index (χ3v) is 0.930. The Morgan fingerprint density at radius 1 is 1.50 bits per heavy atom. The van der Waals surface area contributed by atoms with Crippen molar-refractivity contribution in [2.24, 2.45) is 0 Å². The van der Waals surface area contributed by atoms with Gasteiger partial charge in [-0.3, -0.25) is 0 Å². The molecule has 2 nitrogen and oxygen atoms in total. The highest BCUT2D eigenvalue weighted by molar-refractivity contribution is 4.72. The van der Waals surface area contributed by atoms with Gasteiger partial charge in [-0.25, -0.2) is 0 Å². The van der Waals surface area contributed by atoms with Gasteiger partial charge in [0.25, 0.3) is 0 Å². The zero-order valence-corrected chi connectivity index (χ0v) is 6.96. The van der Waals surface area contributed by atoms with Gasteiger partial charge in [0.15, 0.2) is 6.29 Å². The van der Waals surface area contributed by atoms with Gasteiger partial charge >= 0.3 is 0 Å². The molecule has 0 rings (SSSR count). The summed E-state index contributed by atoms with van der Waals surface area (Å²) in [5.74, 6) is 0. The van der Waals surface area contributed by atoms with E-state index in [0.29, 0.717) is 6.61 Å². The monoisotopic (exact) mass is 144 g/mol. The summed E-state index contributed by atoms with van der Waals surface area (Å²) in [5, 5.41) is 0. The van der Waals surface area contributed by atoms with E-state index >= 15 is 0 Å². The Balaban J connectivity index is 3.49. The second kappa shape index (κ2) is 5.45. The third kappa shape index (κ3) is 4.53. The van der Waals surface area contributed by atoms with Gasteiger partial charge in [-0.05, 0) is 26.8 Å². The van der Waals surface area contributed by atoms with Gasteiger partial charge in [0.2, 0.25) is 0 Å². The maximum Gasteiger partial charge on any atom is 0.176 e. The van der Waals surface area contributed by atoms with Crippen LogP contribution in [-0.4, -0.2) is 19.0 Å².